The SMILES string of the molecule is CCCCC(CCCC)OC(=O)CCCCCCCCOC(=O)C(CSCCCCCCCCC(=O)OC(CCCC)CCCC)CN(C)C. The predicted molar refractivity (Wildman–Crippen MR) is 213 cm³/mol. The molecule has 0 rings (SSSR count). The van der Waals surface area contributed by atoms with E-state index in [1.807, 2.05) is 25.9 Å². The van der Waals surface area contributed by atoms with Gasteiger partial charge in [-0.3, -0.25) is 14.4 Å². The van der Waals surface area contributed by atoms with Crippen molar-refractivity contribution in [2.24, 2.45) is 5.92 Å². The van der Waals surface area contributed by atoms with E-state index < -0.39 is 0 Å². The molecule has 0 aromatic rings. The predicted octanol–water partition coefficient (Wildman–Crippen LogP) is 11.5. The van der Waals surface area contributed by atoms with Crippen LogP contribution in [0.25, 0.3) is 0 Å². The Kier molecular flexibility index (Phi) is 35.2. The summed E-state index contributed by atoms with van der Waals surface area (Å²) in [5.74, 6) is 1.66. The Bertz CT molecular complexity index is 778. The van der Waals surface area contributed by atoms with E-state index in [1.165, 1.54) is 12.8 Å². The molecule has 0 aliphatic carbocycles. The minimum Gasteiger partial charge on any atom is -0.465 e. The lowest BCUT2D eigenvalue weighted by molar-refractivity contribution is -0.151. The third kappa shape index (κ3) is 31.5. The minimum atomic E-state index is -0.0957. The molecule has 1 unspecified atom stereocenters. The highest BCUT2D eigenvalue weighted by Crippen LogP contribution is 2.18. The van der Waals surface area contributed by atoms with Gasteiger partial charge in [0.05, 0.1) is 12.5 Å². The van der Waals surface area contributed by atoms with Crippen molar-refractivity contribution in [3.63, 3.8) is 0 Å². The molecule has 0 fully saturated rings. The number of nitrogens with zero attached hydrogens (tertiary/aromatic N) is 1. The van der Waals surface area contributed by atoms with Crippen LogP contribution in [0.3, 0.4) is 0 Å². The first-order valence-corrected chi connectivity index (χ1v) is 22.2. The molecule has 0 spiro atoms. The molecule has 0 radical (unpaired) electrons. The zero-order valence-corrected chi connectivity index (χ0v) is 34.6. The van der Waals surface area contributed by atoms with Gasteiger partial charge < -0.3 is 19.1 Å². The highest BCUT2D eigenvalue weighted by molar-refractivity contribution is 7.99. The van der Waals surface area contributed by atoms with Crippen molar-refractivity contribution < 1.29 is 28.6 Å². The van der Waals surface area contributed by atoms with Gasteiger partial charge >= 0.3 is 17.9 Å². The number of unbranched alkanes of at least 4 members (excludes halogenated alkanes) is 14. The van der Waals surface area contributed by atoms with Gasteiger partial charge in [-0.2, -0.15) is 11.8 Å². The van der Waals surface area contributed by atoms with Gasteiger partial charge in [-0.25, -0.2) is 0 Å². The molecule has 0 bridgehead atoms. The van der Waals surface area contributed by atoms with Crippen LogP contribution in [0.5, 0.6) is 0 Å². The number of hydrogen-bond donors (Lipinski definition) is 0. The maximum Gasteiger partial charge on any atom is 0.311 e. The van der Waals surface area contributed by atoms with Crippen LogP contribution < -0.4 is 0 Å². The zero-order valence-electron chi connectivity index (χ0n) is 33.8. The lowest BCUT2D eigenvalue weighted by atomic mass is 10.1. The molecule has 296 valence electrons. The van der Waals surface area contributed by atoms with E-state index in [0.717, 1.165) is 153 Å². The Hall–Kier alpha value is -1.28. The topological polar surface area (TPSA) is 82.1 Å². The van der Waals surface area contributed by atoms with Crippen molar-refractivity contribution in [1.82, 2.24) is 4.90 Å². The molecule has 0 saturated carbocycles. The maximum atomic E-state index is 12.8. The van der Waals surface area contributed by atoms with E-state index in [9.17, 15) is 14.4 Å². The average molecular weight is 728 g/mol. The molecular weight excluding hydrogens is 647 g/mol. The molecule has 0 amide bonds. The van der Waals surface area contributed by atoms with Crippen molar-refractivity contribution in [2.45, 2.75) is 207 Å². The Balaban J connectivity index is 3.96. The van der Waals surface area contributed by atoms with Crippen molar-refractivity contribution >= 4 is 29.7 Å². The molecule has 7 nitrogen and oxygen atoms in total. The van der Waals surface area contributed by atoms with Crippen LogP contribution in [0.1, 0.15) is 195 Å². The number of carbonyl (C=O) groups is 3. The molecule has 50 heavy (non-hydrogen) atoms. The standard InChI is InChI=1S/C42H81NO6S/c1-7-11-27-38(28-12-8-2)48-40(44)31-23-19-15-17-21-25-33-47-42(46)37(35-43(5)6)36-50-34-26-22-18-16-20-24-32-41(45)49-39(29-13-9-3)30-14-10-4/h37-39H,7-36H2,1-6H3. The normalized spacial score (nSPS) is 12.2. The molecule has 0 heterocycles. The molecule has 0 N–H and O–H groups in total. The van der Waals surface area contributed by atoms with Crippen LogP contribution in [-0.2, 0) is 28.6 Å². The number of rotatable bonds is 37. The van der Waals surface area contributed by atoms with E-state index >= 15 is 0 Å². The molecule has 0 saturated heterocycles. The van der Waals surface area contributed by atoms with Gasteiger partial charge in [-0.05, 0) is 71.2 Å². The Morgan fingerprint density at radius 3 is 1.36 bits per heavy atom. The average Bonchev–Trinajstić information content (AvgIpc) is 3.09. The van der Waals surface area contributed by atoms with E-state index in [-0.39, 0.29) is 36.0 Å². The van der Waals surface area contributed by atoms with Crippen molar-refractivity contribution in [3.05, 3.63) is 0 Å². The van der Waals surface area contributed by atoms with E-state index in [0.29, 0.717) is 26.0 Å². The molecule has 0 aromatic carbocycles. The van der Waals surface area contributed by atoms with Crippen LogP contribution in [0.2, 0.25) is 0 Å². The van der Waals surface area contributed by atoms with Gasteiger partial charge in [0.2, 0.25) is 0 Å². The first kappa shape index (κ1) is 48.7. The molecule has 0 aromatic heterocycles. The van der Waals surface area contributed by atoms with Crippen LogP contribution in [0.4, 0.5) is 0 Å². The Morgan fingerprint density at radius 2 is 0.940 bits per heavy atom. The summed E-state index contributed by atoms with van der Waals surface area (Å²) in [5.41, 5.74) is 0. The Labute approximate surface area is 313 Å². The van der Waals surface area contributed by atoms with E-state index in [4.69, 9.17) is 14.2 Å². The fraction of sp³-hybridized carbons (Fsp3) is 0.929. The quantitative estimate of drug-likeness (QED) is 0.0355. The largest absolute Gasteiger partial charge is 0.465 e. The van der Waals surface area contributed by atoms with Crippen molar-refractivity contribution in [3.8, 4) is 0 Å². The minimum absolute atomic E-state index is 0.0136. The van der Waals surface area contributed by atoms with Gasteiger partial charge in [0.1, 0.15) is 12.2 Å². The van der Waals surface area contributed by atoms with Crippen LogP contribution >= 0.6 is 11.8 Å². The third-order valence-corrected chi connectivity index (χ3v) is 10.5. The highest BCUT2D eigenvalue weighted by atomic mass is 32.2. The van der Waals surface area contributed by atoms with Crippen LogP contribution in [0.15, 0.2) is 0 Å². The first-order valence-electron chi connectivity index (χ1n) is 21.0. The summed E-state index contributed by atoms with van der Waals surface area (Å²) >= 11 is 1.87. The molecular formula is C42H81NO6S. The number of carbonyl (C=O) groups excluding carboxylic acids is 3. The van der Waals surface area contributed by atoms with Crippen molar-refractivity contribution in [2.75, 3.05) is 38.8 Å². The second-order valence-electron chi connectivity index (χ2n) is 14.7. The van der Waals surface area contributed by atoms with Gasteiger partial charge in [0.25, 0.3) is 0 Å². The smallest absolute Gasteiger partial charge is 0.311 e. The zero-order chi connectivity index (χ0) is 37.1. The van der Waals surface area contributed by atoms with Gasteiger partial charge in [-0.15, -0.1) is 0 Å². The second-order valence-corrected chi connectivity index (χ2v) is 15.9. The highest BCUT2D eigenvalue weighted by Gasteiger charge is 2.21. The number of hydrogen-bond acceptors (Lipinski definition) is 8. The fourth-order valence-corrected chi connectivity index (χ4v) is 7.25. The molecule has 1 atom stereocenters. The van der Waals surface area contributed by atoms with Crippen LogP contribution in [0, 0.1) is 5.92 Å². The first-order chi connectivity index (χ1) is 24.3. The van der Waals surface area contributed by atoms with E-state index in [2.05, 4.69) is 32.6 Å². The molecule has 0 aliphatic rings. The number of esters is 3. The monoisotopic (exact) mass is 728 g/mol. The summed E-state index contributed by atoms with van der Waals surface area (Å²) in [6.45, 7) is 9.94. The number of thioether (sulfide) groups is 1. The summed E-state index contributed by atoms with van der Waals surface area (Å²) in [7, 11) is 4.03. The van der Waals surface area contributed by atoms with Gasteiger partial charge in [-0.1, -0.05) is 130 Å². The van der Waals surface area contributed by atoms with Gasteiger partial charge in [0.15, 0.2) is 0 Å². The maximum absolute atomic E-state index is 12.8. The van der Waals surface area contributed by atoms with Crippen molar-refractivity contribution in [1.29, 1.82) is 0 Å². The number of ether oxygens (including phenoxy) is 3. The summed E-state index contributed by atoms with van der Waals surface area (Å²) < 4.78 is 17.2. The fourth-order valence-electron chi connectivity index (χ4n) is 6.15. The molecule has 8 heteroatoms. The lowest BCUT2D eigenvalue weighted by Crippen LogP contribution is -2.31. The summed E-state index contributed by atoms with van der Waals surface area (Å²) in [4.78, 5) is 39.5. The second kappa shape index (κ2) is 36.1. The molecule has 0 aliphatic heterocycles. The van der Waals surface area contributed by atoms with Crippen LogP contribution in [-0.4, -0.2) is 73.8 Å². The summed E-state index contributed by atoms with van der Waals surface area (Å²) in [6.07, 6.45) is 27.1. The van der Waals surface area contributed by atoms with E-state index in [1.54, 1.807) is 0 Å². The van der Waals surface area contributed by atoms with Gasteiger partial charge in [0, 0.05) is 25.1 Å². The summed E-state index contributed by atoms with van der Waals surface area (Å²) in [6, 6.07) is 0. The Morgan fingerprint density at radius 1 is 0.540 bits per heavy atom. The third-order valence-electron chi connectivity index (χ3n) is 9.29. The lowest BCUT2D eigenvalue weighted by Gasteiger charge is -2.19. The summed E-state index contributed by atoms with van der Waals surface area (Å²) in [5, 5.41) is 0.